The second-order valence-corrected chi connectivity index (χ2v) is 5.28. The summed E-state index contributed by atoms with van der Waals surface area (Å²) in [5, 5.41) is 2.94. The third-order valence-corrected chi connectivity index (χ3v) is 3.77. The van der Waals surface area contributed by atoms with Crippen LogP contribution in [0.25, 0.3) is 0 Å². The van der Waals surface area contributed by atoms with E-state index in [0.717, 1.165) is 42.0 Å². The molecule has 110 valence electrons. The number of hydrogen-bond acceptors (Lipinski definition) is 3. The van der Waals surface area contributed by atoms with E-state index >= 15 is 0 Å². The normalized spacial score (nSPS) is 14.2. The molecule has 21 heavy (non-hydrogen) atoms. The standard InChI is InChI=1S/C16H19N3O2/c1-19-11-17-10-12(19)8-9-21-15-6-3-5-14-13(15)4-2-7-16(20)18-14/h3,5-6,10-11H,2,4,7-9H2,1H3,(H,18,20). The number of carbonyl (C=O) groups excluding carboxylic acids is 1. The molecule has 1 N–H and O–H groups in total. The molecular weight excluding hydrogens is 266 g/mol. The van der Waals surface area contributed by atoms with Crippen LogP contribution < -0.4 is 10.1 Å². The Labute approximate surface area is 124 Å². The Balaban J connectivity index is 1.70. The summed E-state index contributed by atoms with van der Waals surface area (Å²) in [7, 11) is 1.98. The molecule has 2 aromatic rings. The highest BCUT2D eigenvalue weighted by molar-refractivity contribution is 5.92. The number of imidazole rings is 1. The number of benzene rings is 1. The number of aryl methyl sites for hydroxylation is 1. The smallest absolute Gasteiger partial charge is 0.224 e. The zero-order chi connectivity index (χ0) is 14.7. The summed E-state index contributed by atoms with van der Waals surface area (Å²) in [6.07, 6.45) is 6.76. The fourth-order valence-corrected chi connectivity index (χ4v) is 2.61. The number of aromatic nitrogens is 2. The van der Waals surface area contributed by atoms with Gasteiger partial charge in [-0.2, -0.15) is 0 Å². The highest BCUT2D eigenvalue weighted by Gasteiger charge is 2.16. The number of amides is 1. The van der Waals surface area contributed by atoms with Crippen molar-refractivity contribution >= 4 is 11.6 Å². The lowest BCUT2D eigenvalue weighted by Crippen LogP contribution is -2.10. The number of hydrogen-bond donors (Lipinski definition) is 1. The summed E-state index contributed by atoms with van der Waals surface area (Å²) >= 11 is 0. The van der Waals surface area contributed by atoms with Gasteiger partial charge in [0, 0.05) is 43.0 Å². The molecule has 1 amide bonds. The fraction of sp³-hybridized carbons (Fsp3) is 0.375. The molecule has 0 saturated heterocycles. The van der Waals surface area contributed by atoms with Crippen molar-refractivity contribution in [1.82, 2.24) is 9.55 Å². The van der Waals surface area contributed by atoms with Crippen molar-refractivity contribution in [2.75, 3.05) is 11.9 Å². The first-order chi connectivity index (χ1) is 10.2. The van der Waals surface area contributed by atoms with E-state index < -0.39 is 0 Å². The first kappa shape index (κ1) is 13.7. The molecule has 1 aromatic carbocycles. The molecule has 0 saturated carbocycles. The van der Waals surface area contributed by atoms with Crippen molar-refractivity contribution in [1.29, 1.82) is 0 Å². The van der Waals surface area contributed by atoms with E-state index in [1.807, 2.05) is 36.0 Å². The average molecular weight is 285 g/mol. The van der Waals surface area contributed by atoms with E-state index in [0.29, 0.717) is 13.0 Å². The van der Waals surface area contributed by atoms with Gasteiger partial charge in [-0.25, -0.2) is 4.98 Å². The van der Waals surface area contributed by atoms with Crippen LogP contribution in [0.3, 0.4) is 0 Å². The van der Waals surface area contributed by atoms with Crippen molar-refractivity contribution in [3.05, 3.63) is 42.0 Å². The minimum atomic E-state index is 0.0841. The number of fused-ring (bicyclic) bond motifs is 1. The summed E-state index contributed by atoms with van der Waals surface area (Å²) in [5.74, 6) is 0.956. The second kappa shape index (κ2) is 5.99. The quantitative estimate of drug-likeness (QED) is 0.938. The van der Waals surface area contributed by atoms with Gasteiger partial charge in [-0.1, -0.05) is 6.07 Å². The van der Waals surface area contributed by atoms with E-state index in [-0.39, 0.29) is 5.91 Å². The molecule has 0 radical (unpaired) electrons. The average Bonchev–Trinajstić information content (AvgIpc) is 2.76. The third-order valence-electron chi connectivity index (χ3n) is 3.77. The molecule has 0 bridgehead atoms. The molecule has 0 aliphatic carbocycles. The first-order valence-corrected chi connectivity index (χ1v) is 7.24. The molecule has 1 aliphatic heterocycles. The largest absolute Gasteiger partial charge is 0.493 e. The number of rotatable bonds is 4. The lowest BCUT2D eigenvalue weighted by molar-refractivity contribution is -0.116. The number of nitrogens with one attached hydrogen (secondary N) is 1. The van der Waals surface area contributed by atoms with Crippen molar-refractivity contribution in [3.63, 3.8) is 0 Å². The van der Waals surface area contributed by atoms with Crippen molar-refractivity contribution in [3.8, 4) is 5.75 Å². The maximum atomic E-state index is 11.6. The van der Waals surface area contributed by atoms with Gasteiger partial charge >= 0.3 is 0 Å². The van der Waals surface area contributed by atoms with Crippen molar-refractivity contribution in [2.24, 2.45) is 7.05 Å². The van der Waals surface area contributed by atoms with E-state index in [1.54, 1.807) is 6.33 Å². The highest BCUT2D eigenvalue weighted by atomic mass is 16.5. The predicted octanol–water partition coefficient (Wildman–Crippen LogP) is 2.32. The van der Waals surface area contributed by atoms with Crippen LogP contribution in [-0.2, 0) is 24.7 Å². The summed E-state index contributed by atoms with van der Waals surface area (Å²) in [6.45, 7) is 0.601. The number of ether oxygens (including phenoxy) is 1. The summed E-state index contributed by atoms with van der Waals surface area (Å²) in [5.41, 5.74) is 3.13. The number of carbonyl (C=O) groups is 1. The van der Waals surface area contributed by atoms with Crippen LogP contribution in [0, 0.1) is 0 Å². The molecule has 0 spiro atoms. The molecule has 1 aromatic heterocycles. The van der Waals surface area contributed by atoms with E-state index in [4.69, 9.17) is 4.74 Å². The maximum Gasteiger partial charge on any atom is 0.224 e. The highest BCUT2D eigenvalue weighted by Crippen LogP contribution is 2.30. The van der Waals surface area contributed by atoms with Gasteiger partial charge in [-0.3, -0.25) is 4.79 Å². The van der Waals surface area contributed by atoms with Gasteiger partial charge < -0.3 is 14.6 Å². The molecule has 3 rings (SSSR count). The minimum absolute atomic E-state index is 0.0841. The minimum Gasteiger partial charge on any atom is -0.493 e. The fourth-order valence-electron chi connectivity index (χ4n) is 2.61. The number of anilines is 1. The van der Waals surface area contributed by atoms with Crippen LogP contribution in [-0.4, -0.2) is 22.1 Å². The zero-order valence-corrected chi connectivity index (χ0v) is 12.1. The summed E-state index contributed by atoms with van der Waals surface area (Å²) < 4.78 is 7.93. The van der Waals surface area contributed by atoms with Gasteiger partial charge in [0.25, 0.3) is 0 Å². The van der Waals surface area contributed by atoms with E-state index in [2.05, 4.69) is 10.3 Å². The Kier molecular flexibility index (Phi) is 3.90. The summed E-state index contributed by atoms with van der Waals surface area (Å²) in [4.78, 5) is 15.7. The number of nitrogens with zero attached hydrogens (tertiary/aromatic N) is 2. The Morgan fingerprint density at radius 2 is 2.29 bits per heavy atom. The lowest BCUT2D eigenvalue weighted by Gasteiger charge is -2.13. The van der Waals surface area contributed by atoms with Crippen LogP contribution >= 0.6 is 0 Å². The Bertz CT molecular complexity index is 649. The summed E-state index contributed by atoms with van der Waals surface area (Å²) in [6, 6.07) is 5.83. The van der Waals surface area contributed by atoms with E-state index in [9.17, 15) is 4.79 Å². The van der Waals surface area contributed by atoms with Gasteiger partial charge in [-0.15, -0.1) is 0 Å². The molecule has 0 atom stereocenters. The second-order valence-electron chi connectivity index (χ2n) is 5.28. The third kappa shape index (κ3) is 3.07. The van der Waals surface area contributed by atoms with Gasteiger partial charge in [0.2, 0.25) is 5.91 Å². The molecular formula is C16H19N3O2. The Morgan fingerprint density at radius 1 is 1.38 bits per heavy atom. The molecule has 5 heteroatoms. The Hall–Kier alpha value is -2.30. The molecule has 5 nitrogen and oxygen atoms in total. The van der Waals surface area contributed by atoms with Gasteiger partial charge in [0.1, 0.15) is 5.75 Å². The monoisotopic (exact) mass is 285 g/mol. The van der Waals surface area contributed by atoms with E-state index in [1.165, 1.54) is 0 Å². The maximum absolute atomic E-state index is 11.6. The van der Waals surface area contributed by atoms with Gasteiger partial charge in [0.05, 0.1) is 12.9 Å². The molecule has 0 fully saturated rings. The lowest BCUT2D eigenvalue weighted by atomic mass is 10.1. The molecule has 0 unspecified atom stereocenters. The SMILES string of the molecule is Cn1cncc1CCOc1cccc2c1CCCC(=O)N2. The Morgan fingerprint density at radius 3 is 3.10 bits per heavy atom. The van der Waals surface area contributed by atoms with Gasteiger partial charge in [0.15, 0.2) is 0 Å². The first-order valence-electron chi connectivity index (χ1n) is 7.24. The van der Waals surface area contributed by atoms with Crippen LogP contribution in [0.15, 0.2) is 30.7 Å². The van der Waals surface area contributed by atoms with Crippen molar-refractivity contribution in [2.45, 2.75) is 25.7 Å². The zero-order valence-electron chi connectivity index (χ0n) is 12.1. The molecule has 2 heterocycles. The van der Waals surface area contributed by atoms with Crippen LogP contribution in [0.2, 0.25) is 0 Å². The topological polar surface area (TPSA) is 56.2 Å². The van der Waals surface area contributed by atoms with Crippen LogP contribution in [0.4, 0.5) is 5.69 Å². The van der Waals surface area contributed by atoms with Crippen LogP contribution in [0.5, 0.6) is 5.75 Å². The van der Waals surface area contributed by atoms with Crippen molar-refractivity contribution < 1.29 is 9.53 Å². The predicted molar refractivity (Wildman–Crippen MR) is 80.4 cm³/mol. The van der Waals surface area contributed by atoms with Gasteiger partial charge in [-0.05, 0) is 25.0 Å². The molecule has 1 aliphatic rings. The van der Waals surface area contributed by atoms with Crippen LogP contribution in [0.1, 0.15) is 24.1 Å².